The number of hydrogen-bond acceptors (Lipinski definition) is 5. The molecule has 5 heteroatoms. The maximum absolute atomic E-state index is 10.9. The van der Waals surface area contributed by atoms with Crippen LogP contribution in [-0.4, -0.2) is 26.3 Å². The van der Waals surface area contributed by atoms with Gasteiger partial charge in [0.05, 0.1) is 31.7 Å². The van der Waals surface area contributed by atoms with Gasteiger partial charge in [0.15, 0.2) is 6.29 Å². The van der Waals surface area contributed by atoms with E-state index in [0.717, 1.165) is 11.3 Å². The van der Waals surface area contributed by atoms with Gasteiger partial charge in [-0.2, -0.15) is 0 Å². The van der Waals surface area contributed by atoms with Crippen LogP contribution in [0.3, 0.4) is 0 Å². The van der Waals surface area contributed by atoms with E-state index in [1.165, 1.54) is 0 Å². The van der Waals surface area contributed by atoms with Crippen LogP contribution in [0.15, 0.2) is 24.3 Å². The van der Waals surface area contributed by atoms with Crippen LogP contribution in [0.2, 0.25) is 0 Å². The molecular weight excluding hydrogens is 236 g/mol. The molecule has 1 aromatic rings. The minimum Gasteiger partial charge on any atom is -0.549 e. The molecule has 98 valence electrons. The quantitative estimate of drug-likeness (QED) is 0.782. The van der Waals surface area contributed by atoms with Gasteiger partial charge in [0.2, 0.25) is 0 Å². The Hall–Kier alpha value is -1.59. The normalized spacial score (nSPS) is 27.8. The van der Waals surface area contributed by atoms with Crippen LogP contribution in [0.1, 0.15) is 18.8 Å². The van der Waals surface area contributed by atoms with Crippen LogP contribution in [-0.2, 0) is 14.3 Å². The molecule has 0 bridgehead atoms. The molecule has 0 amide bonds. The maximum Gasteiger partial charge on any atom is 0.183 e. The monoisotopic (exact) mass is 251 g/mol. The molecular formula is C13H15O5-. The van der Waals surface area contributed by atoms with E-state index in [1.807, 2.05) is 12.1 Å². The van der Waals surface area contributed by atoms with Gasteiger partial charge in [-0.1, -0.05) is 12.1 Å². The van der Waals surface area contributed by atoms with Gasteiger partial charge in [0, 0.05) is 5.56 Å². The second-order valence-electron chi connectivity index (χ2n) is 4.58. The fourth-order valence-corrected chi connectivity index (χ4v) is 1.68. The zero-order valence-electron chi connectivity index (χ0n) is 10.3. The van der Waals surface area contributed by atoms with Gasteiger partial charge >= 0.3 is 0 Å². The molecule has 5 nitrogen and oxygen atoms in total. The van der Waals surface area contributed by atoms with Crippen molar-refractivity contribution < 1.29 is 24.1 Å². The van der Waals surface area contributed by atoms with Crippen molar-refractivity contribution in [2.45, 2.75) is 13.2 Å². The standard InChI is InChI=1S/C13H16O5/c1-13(12(14)15)7-17-11(18-8-13)9-3-5-10(16-2)6-4-9/h3-6,11H,7-8H2,1-2H3,(H,14,15)/p-1. The number of ether oxygens (including phenoxy) is 3. The summed E-state index contributed by atoms with van der Waals surface area (Å²) in [5.41, 5.74) is -0.251. The van der Waals surface area contributed by atoms with Gasteiger partial charge < -0.3 is 24.1 Å². The first-order chi connectivity index (χ1) is 8.55. The van der Waals surface area contributed by atoms with Gasteiger partial charge in [-0.3, -0.25) is 0 Å². The Labute approximate surface area is 105 Å². The molecule has 2 rings (SSSR count). The lowest BCUT2D eigenvalue weighted by Gasteiger charge is -2.37. The van der Waals surface area contributed by atoms with E-state index in [2.05, 4.69) is 0 Å². The number of carboxylic acids is 1. The Morgan fingerprint density at radius 2 is 1.89 bits per heavy atom. The van der Waals surface area contributed by atoms with Gasteiger partial charge in [-0.25, -0.2) is 0 Å². The Balaban J connectivity index is 2.03. The molecule has 0 aliphatic carbocycles. The Morgan fingerprint density at radius 1 is 1.33 bits per heavy atom. The van der Waals surface area contributed by atoms with Gasteiger partial charge in [-0.15, -0.1) is 0 Å². The van der Waals surface area contributed by atoms with E-state index in [-0.39, 0.29) is 13.2 Å². The first kappa shape index (κ1) is 12.9. The molecule has 0 aromatic heterocycles. The highest BCUT2D eigenvalue weighted by Crippen LogP contribution is 2.31. The molecule has 0 N–H and O–H groups in total. The van der Waals surface area contributed by atoms with E-state index < -0.39 is 17.7 Å². The van der Waals surface area contributed by atoms with Crippen LogP contribution >= 0.6 is 0 Å². The molecule has 1 fully saturated rings. The summed E-state index contributed by atoms with van der Waals surface area (Å²) in [5.74, 6) is -0.412. The van der Waals surface area contributed by atoms with Crippen molar-refractivity contribution in [2.24, 2.45) is 5.41 Å². The summed E-state index contributed by atoms with van der Waals surface area (Å²) in [4.78, 5) is 10.9. The van der Waals surface area contributed by atoms with Crippen LogP contribution in [0.25, 0.3) is 0 Å². The van der Waals surface area contributed by atoms with E-state index in [4.69, 9.17) is 14.2 Å². The number of benzene rings is 1. The molecule has 1 aliphatic rings. The van der Waals surface area contributed by atoms with Crippen molar-refractivity contribution in [3.8, 4) is 5.75 Å². The van der Waals surface area contributed by atoms with Crippen LogP contribution in [0.4, 0.5) is 0 Å². The van der Waals surface area contributed by atoms with Crippen LogP contribution in [0, 0.1) is 5.41 Å². The smallest absolute Gasteiger partial charge is 0.183 e. The van der Waals surface area contributed by atoms with Crippen molar-refractivity contribution in [2.75, 3.05) is 20.3 Å². The second kappa shape index (κ2) is 4.96. The van der Waals surface area contributed by atoms with Crippen molar-refractivity contribution in [3.63, 3.8) is 0 Å². The van der Waals surface area contributed by atoms with E-state index in [9.17, 15) is 9.90 Å². The van der Waals surface area contributed by atoms with Gasteiger partial charge in [-0.05, 0) is 19.1 Å². The summed E-state index contributed by atoms with van der Waals surface area (Å²) in [6.45, 7) is 1.70. The number of aliphatic carboxylic acids is 1. The summed E-state index contributed by atoms with van der Waals surface area (Å²) >= 11 is 0. The number of carbonyl (C=O) groups is 1. The molecule has 1 saturated heterocycles. The number of rotatable bonds is 3. The first-order valence-electron chi connectivity index (χ1n) is 5.64. The lowest BCUT2D eigenvalue weighted by molar-refractivity contribution is -0.334. The third-order valence-corrected chi connectivity index (χ3v) is 2.99. The zero-order valence-corrected chi connectivity index (χ0v) is 10.3. The zero-order chi connectivity index (χ0) is 13.2. The average Bonchev–Trinajstić information content (AvgIpc) is 2.40. The minimum atomic E-state index is -1.16. The summed E-state index contributed by atoms with van der Waals surface area (Å²) in [5, 5.41) is 10.9. The molecule has 1 heterocycles. The minimum absolute atomic E-state index is 0.0754. The maximum atomic E-state index is 10.9. The summed E-state index contributed by atoms with van der Waals surface area (Å²) in [6.07, 6.45) is -0.539. The first-order valence-corrected chi connectivity index (χ1v) is 5.64. The molecule has 0 saturated carbocycles. The average molecular weight is 251 g/mol. The highest BCUT2D eigenvalue weighted by atomic mass is 16.7. The van der Waals surface area contributed by atoms with Crippen LogP contribution in [0.5, 0.6) is 5.75 Å². The fraction of sp³-hybridized carbons (Fsp3) is 0.462. The van der Waals surface area contributed by atoms with Gasteiger partial charge in [0.1, 0.15) is 5.75 Å². The molecule has 1 aliphatic heterocycles. The predicted octanol–water partition coefficient (Wildman–Crippen LogP) is 0.497. The topological polar surface area (TPSA) is 67.8 Å². The third kappa shape index (κ3) is 2.47. The SMILES string of the molecule is COc1ccc(C2OCC(C)(C(=O)[O-])CO2)cc1. The molecule has 0 radical (unpaired) electrons. The second-order valence-corrected chi connectivity index (χ2v) is 4.58. The Kier molecular flexibility index (Phi) is 3.54. The van der Waals surface area contributed by atoms with Gasteiger partial charge in [0.25, 0.3) is 0 Å². The highest BCUT2D eigenvalue weighted by Gasteiger charge is 2.34. The predicted molar refractivity (Wildman–Crippen MR) is 60.8 cm³/mol. The number of methoxy groups -OCH3 is 1. The lowest BCUT2D eigenvalue weighted by Crippen LogP contribution is -2.49. The molecule has 0 spiro atoms. The van der Waals surface area contributed by atoms with E-state index in [0.29, 0.717) is 0 Å². The lowest BCUT2D eigenvalue weighted by atomic mass is 9.92. The largest absolute Gasteiger partial charge is 0.549 e. The molecule has 18 heavy (non-hydrogen) atoms. The van der Waals surface area contributed by atoms with Crippen molar-refractivity contribution in [3.05, 3.63) is 29.8 Å². The van der Waals surface area contributed by atoms with E-state index in [1.54, 1.807) is 26.2 Å². The Morgan fingerprint density at radius 3 is 2.33 bits per heavy atom. The highest BCUT2D eigenvalue weighted by molar-refractivity contribution is 5.72. The van der Waals surface area contributed by atoms with Crippen LogP contribution < -0.4 is 9.84 Å². The number of carbonyl (C=O) groups excluding carboxylic acids is 1. The van der Waals surface area contributed by atoms with E-state index >= 15 is 0 Å². The number of carboxylic acid groups (broad SMARTS) is 1. The molecule has 1 aromatic carbocycles. The molecule has 0 unspecified atom stereocenters. The fourth-order valence-electron chi connectivity index (χ4n) is 1.68. The molecule has 0 atom stereocenters. The summed E-state index contributed by atoms with van der Waals surface area (Å²) in [6, 6.07) is 7.25. The Bertz CT molecular complexity index is 418. The summed E-state index contributed by atoms with van der Waals surface area (Å²) in [7, 11) is 1.59. The van der Waals surface area contributed by atoms with Crippen molar-refractivity contribution in [1.82, 2.24) is 0 Å². The number of hydrogen-bond donors (Lipinski definition) is 0. The van der Waals surface area contributed by atoms with Crippen molar-refractivity contribution >= 4 is 5.97 Å². The van der Waals surface area contributed by atoms with Crippen molar-refractivity contribution in [1.29, 1.82) is 0 Å². The summed E-state index contributed by atoms with van der Waals surface area (Å²) < 4.78 is 15.9. The third-order valence-electron chi connectivity index (χ3n) is 2.99.